The van der Waals surface area contributed by atoms with Gasteiger partial charge in [0.15, 0.2) is 5.67 Å². The Kier molecular flexibility index (Phi) is 9.52. The number of nitrogens with zero attached hydrogens (tertiary/aromatic N) is 6. The van der Waals surface area contributed by atoms with Crippen molar-refractivity contribution in [3.8, 4) is 6.07 Å². The van der Waals surface area contributed by atoms with Crippen LogP contribution >= 0.6 is 0 Å². The molecule has 2 aliphatic heterocycles. The standard InChI is InChI=1S/C30H33FN6.C9H18FN/c1-3-26-35-25-14-29(11-4-6-19(2)21-8-9-24(33)23(15-32)27(21)29)12-10-22(25)28(36-26)37-17-30(31,18-37)20-7-5-13-34-16-20;1-4-9(3)6-8(10)7-11(9)5-2/h5,7-9,13,16,19H,3-4,6,10-12,14,17-18,33H2,1-2H3;8H,4-7H2,1-3H3/t19?,29-;/m0./s1. The zero-order valence-electron chi connectivity index (χ0n) is 29.3. The van der Waals surface area contributed by atoms with E-state index in [-0.39, 0.29) is 24.0 Å². The van der Waals surface area contributed by atoms with E-state index in [0.717, 1.165) is 86.4 Å². The zero-order valence-corrected chi connectivity index (χ0v) is 29.3. The lowest BCUT2D eigenvalue weighted by Gasteiger charge is -2.47. The molecule has 3 unspecified atom stereocenters. The van der Waals surface area contributed by atoms with Crippen LogP contribution in [0.1, 0.15) is 118 Å². The first-order chi connectivity index (χ1) is 23.0. The Hall–Kier alpha value is -3.64. The van der Waals surface area contributed by atoms with Crippen LogP contribution in [0.3, 0.4) is 0 Å². The van der Waals surface area contributed by atoms with Gasteiger partial charge in [-0.15, -0.1) is 0 Å². The number of benzene rings is 1. The number of alkyl halides is 2. The number of nitrogens with two attached hydrogens (primary N) is 1. The summed E-state index contributed by atoms with van der Waals surface area (Å²) in [5, 5.41) is 10.1. The molecule has 4 heterocycles. The minimum atomic E-state index is -1.41. The number of nitriles is 1. The second kappa shape index (κ2) is 13.3. The summed E-state index contributed by atoms with van der Waals surface area (Å²) in [5.41, 5.74) is 11.3. The van der Waals surface area contributed by atoms with Crippen molar-refractivity contribution in [1.82, 2.24) is 19.9 Å². The molecule has 0 radical (unpaired) electrons. The highest BCUT2D eigenvalue weighted by Crippen LogP contribution is 2.51. The maximum atomic E-state index is 15.7. The quantitative estimate of drug-likeness (QED) is 0.285. The van der Waals surface area contributed by atoms with Crippen LogP contribution in [0.5, 0.6) is 0 Å². The lowest BCUT2D eigenvalue weighted by Crippen LogP contribution is -2.57. The van der Waals surface area contributed by atoms with Gasteiger partial charge < -0.3 is 10.6 Å². The summed E-state index contributed by atoms with van der Waals surface area (Å²) in [6.07, 6.45) is 10.9. The van der Waals surface area contributed by atoms with Crippen LogP contribution in [0.15, 0.2) is 36.7 Å². The number of aromatic nitrogens is 3. The normalized spacial score (nSPS) is 27.6. The third-order valence-electron chi connectivity index (χ3n) is 11.9. The number of nitrogen functional groups attached to an aromatic ring is 1. The molecule has 48 heavy (non-hydrogen) atoms. The Labute approximate surface area is 285 Å². The highest BCUT2D eigenvalue weighted by molar-refractivity contribution is 5.65. The molecular weight excluding hydrogens is 604 g/mol. The van der Waals surface area contributed by atoms with Gasteiger partial charge >= 0.3 is 0 Å². The van der Waals surface area contributed by atoms with Crippen molar-refractivity contribution in [2.45, 2.75) is 121 Å². The molecule has 2 aliphatic carbocycles. The van der Waals surface area contributed by atoms with Crippen molar-refractivity contribution < 1.29 is 8.78 Å². The van der Waals surface area contributed by atoms with Gasteiger partial charge in [0.05, 0.1) is 24.3 Å². The number of halogens is 2. The van der Waals surface area contributed by atoms with E-state index in [9.17, 15) is 9.65 Å². The average molecular weight is 656 g/mol. The molecule has 4 aliphatic rings. The van der Waals surface area contributed by atoms with Crippen molar-refractivity contribution in [3.63, 3.8) is 0 Å². The Morgan fingerprint density at radius 3 is 2.56 bits per heavy atom. The smallest absolute Gasteiger partial charge is 0.172 e. The van der Waals surface area contributed by atoms with E-state index >= 15 is 4.39 Å². The van der Waals surface area contributed by atoms with Crippen molar-refractivity contribution >= 4 is 11.5 Å². The second-order valence-corrected chi connectivity index (χ2v) is 14.9. The molecule has 0 amide bonds. The maximum absolute atomic E-state index is 15.7. The minimum absolute atomic E-state index is 0.133. The molecule has 1 aromatic carbocycles. The fourth-order valence-corrected chi connectivity index (χ4v) is 8.88. The number of hydrogen-bond donors (Lipinski definition) is 1. The zero-order chi connectivity index (χ0) is 34.3. The highest BCUT2D eigenvalue weighted by Gasteiger charge is 2.49. The summed E-state index contributed by atoms with van der Waals surface area (Å²) >= 11 is 0. The molecule has 2 saturated heterocycles. The van der Waals surface area contributed by atoms with E-state index in [1.807, 2.05) is 12.1 Å². The van der Waals surface area contributed by atoms with E-state index in [4.69, 9.17) is 15.7 Å². The van der Waals surface area contributed by atoms with Gasteiger partial charge in [-0.05, 0) is 87.6 Å². The molecule has 4 atom stereocenters. The lowest BCUT2D eigenvalue weighted by atomic mass is 9.64. The van der Waals surface area contributed by atoms with Crippen LogP contribution in [-0.4, -0.2) is 57.7 Å². The molecule has 2 fully saturated rings. The molecule has 0 saturated carbocycles. The number of hydrogen-bond acceptors (Lipinski definition) is 7. The summed E-state index contributed by atoms with van der Waals surface area (Å²) < 4.78 is 28.7. The summed E-state index contributed by atoms with van der Waals surface area (Å²) in [5.74, 6) is 2.06. The molecule has 2 aromatic heterocycles. The van der Waals surface area contributed by atoms with E-state index < -0.39 is 11.8 Å². The first kappa shape index (κ1) is 34.2. The van der Waals surface area contributed by atoms with Gasteiger partial charge in [0, 0.05) is 53.1 Å². The lowest BCUT2D eigenvalue weighted by molar-refractivity contribution is 0.118. The first-order valence-electron chi connectivity index (χ1n) is 17.9. The Bertz CT molecular complexity index is 1670. The van der Waals surface area contributed by atoms with Crippen molar-refractivity contribution in [2.24, 2.45) is 0 Å². The summed E-state index contributed by atoms with van der Waals surface area (Å²) in [4.78, 5) is 18.3. The molecule has 1 spiro atoms. The summed E-state index contributed by atoms with van der Waals surface area (Å²) in [7, 11) is 0. The monoisotopic (exact) mass is 655 g/mol. The second-order valence-electron chi connectivity index (χ2n) is 14.9. The van der Waals surface area contributed by atoms with E-state index in [2.05, 4.69) is 61.5 Å². The number of fused-ring (bicyclic) bond motifs is 3. The minimum Gasteiger partial charge on any atom is -0.398 e. The average Bonchev–Trinajstić information content (AvgIpc) is 3.32. The van der Waals surface area contributed by atoms with Gasteiger partial charge in [0.25, 0.3) is 0 Å². The van der Waals surface area contributed by atoms with Gasteiger partial charge in [-0.25, -0.2) is 18.7 Å². The maximum Gasteiger partial charge on any atom is 0.172 e. The molecule has 3 aromatic rings. The molecule has 2 N–H and O–H groups in total. The number of aryl methyl sites for hydroxylation is 1. The SMILES string of the molecule is CCN1CC(F)CC1(C)CC.CCc1nc2c(c(N3CC(F)(c4cccnc4)C3)n1)CC[C@@]1(CCCC(C)c3ccc(N)c(C#N)c31)C2. The Morgan fingerprint density at radius 2 is 1.92 bits per heavy atom. The van der Waals surface area contributed by atoms with Gasteiger partial charge in [0.2, 0.25) is 0 Å². The third-order valence-corrected chi connectivity index (χ3v) is 11.9. The molecule has 0 bridgehead atoms. The van der Waals surface area contributed by atoms with Gasteiger partial charge in [-0.1, -0.05) is 46.2 Å². The van der Waals surface area contributed by atoms with E-state index in [0.29, 0.717) is 35.7 Å². The molecule has 7 nitrogen and oxygen atoms in total. The van der Waals surface area contributed by atoms with Crippen LogP contribution in [0.4, 0.5) is 20.3 Å². The van der Waals surface area contributed by atoms with Crippen LogP contribution in [0.2, 0.25) is 0 Å². The molecule has 7 rings (SSSR count). The van der Waals surface area contributed by atoms with Crippen LogP contribution in [0, 0.1) is 11.3 Å². The largest absolute Gasteiger partial charge is 0.398 e. The van der Waals surface area contributed by atoms with Crippen LogP contribution < -0.4 is 10.6 Å². The Morgan fingerprint density at radius 1 is 1.12 bits per heavy atom. The van der Waals surface area contributed by atoms with E-state index in [1.165, 1.54) is 5.56 Å². The van der Waals surface area contributed by atoms with E-state index in [1.54, 1.807) is 18.5 Å². The fourth-order valence-electron chi connectivity index (χ4n) is 8.88. The van der Waals surface area contributed by atoms with Crippen LogP contribution in [-0.2, 0) is 30.3 Å². The first-order valence-corrected chi connectivity index (χ1v) is 17.9. The van der Waals surface area contributed by atoms with Crippen molar-refractivity contribution in [2.75, 3.05) is 36.8 Å². The van der Waals surface area contributed by atoms with Crippen molar-refractivity contribution in [1.29, 1.82) is 5.26 Å². The predicted octanol–water partition coefficient (Wildman–Crippen LogP) is 7.51. The van der Waals surface area contributed by atoms with Crippen molar-refractivity contribution in [3.05, 3.63) is 76.0 Å². The predicted molar refractivity (Wildman–Crippen MR) is 188 cm³/mol. The summed E-state index contributed by atoms with van der Waals surface area (Å²) in [6, 6.07) is 10.1. The highest BCUT2D eigenvalue weighted by atomic mass is 19.1. The van der Waals surface area contributed by atoms with Crippen LogP contribution in [0.25, 0.3) is 0 Å². The summed E-state index contributed by atoms with van der Waals surface area (Å²) in [6.45, 7) is 12.9. The topological polar surface area (TPSA) is 95.0 Å². The molecular formula is C39H51F2N7. The number of rotatable bonds is 5. The number of pyridine rings is 1. The number of anilines is 2. The van der Waals surface area contributed by atoms with Gasteiger partial charge in [0.1, 0.15) is 23.9 Å². The Balaban J connectivity index is 0.000000312. The van der Waals surface area contributed by atoms with Gasteiger partial charge in [-0.3, -0.25) is 9.88 Å². The number of likely N-dealkylation sites (tertiary alicyclic amines) is 1. The third kappa shape index (κ3) is 6.06. The van der Waals surface area contributed by atoms with Gasteiger partial charge in [-0.2, -0.15) is 5.26 Å². The molecule has 256 valence electrons. The fraction of sp³-hybridized carbons (Fsp3) is 0.590. The molecule has 9 heteroatoms.